The van der Waals surface area contributed by atoms with Crippen LogP contribution in [0.3, 0.4) is 0 Å². The lowest BCUT2D eigenvalue weighted by Gasteiger charge is -2.32. The monoisotopic (exact) mass is 255 g/mol. The van der Waals surface area contributed by atoms with E-state index >= 15 is 0 Å². The molecule has 2 heterocycles. The van der Waals surface area contributed by atoms with Crippen LogP contribution in [0, 0.1) is 0 Å². The minimum atomic E-state index is -0.0741. The van der Waals surface area contributed by atoms with Gasteiger partial charge in [0.15, 0.2) is 0 Å². The van der Waals surface area contributed by atoms with Crippen LogP contribution < -0.4 is 5.32 Å². The van der Waals surface area contributed by atoms with E-state index in [9.17, 15) is 9.59 Å². The molecule has 6 heteroatoms. The normalized spacial score (nSPS) is 22.4. The smallest absolute Gasteiger partial charge is 0.249 e. The molecule has 1 N–H and O–H groups in total. The van der Waals surface area contributed by atoms with Gasteiger partial charge in [0, 0.05) is 20.1 Å². The molecule has 0 saturated carbocycles. The first-order chi connectivity index (χ1) is 8.66. The largest absolute Gasteiger partial charge is 0.368 e. The van der Waals surface area contributed by atoms with Crippen molar-refractivity contribution in [2.75, 3.05) is 46.4 Å². The highest BCUT2D eigenvalue weighted by molar-refractivity contribution is 5.86. The second-order valence-corrected chi connectivity index (χ2v) is 4.89. The van der Waals surface area contributed by atoms with Crippen LogP contribution in [0.15, 0.2) is 0 Å². The minimum absolute atomic E-state index is 0.00327. The second kappa shape index (κ2) is 6.15. The van der Waals surface area contributed by atoms with Crippen LogP contribution >= 0.6 is 0 Å². The second-order valence-electron chi connectivity index (χ2n) is 4.89. The maximum atomic E-state index is 11.9. The number of hydrogen-bond donors (Lipinski definition) is 1. The summed E-state index contributed by atoms with van der Waals surface area (Å²) in [6, 6.07) is 0. The van der Waals surface area contributed by atoms with Gasteiger partial charge in [0.05, 0.1) is 12.6 Å². The Morgan fingerprint density at radius 3 is 2.78 bits per heavy atom. The summed E-state index contributed by atoms with van der Waals surface area (Å²) in [4.78, 5) is 26.6. The summed E-state index contributed by atoms with van der Waals surface area (Å²) in [6.07, 6.45) is 2.09. The molecule has 0 aromatic heterocycles. The average Bonchev–Trinajstić information content (AvgIpc) is 2.40. The van der Waals surface area contributed by atoms with E-state index in [0.717, 1.165) is 25.9 Å². The molecule has 0 spiro atoms. The number of amides is 2. The molecule has 18 heavy (non-hydrogen) atoms. The van der Waals surface area contributed by atoms with E-state index in [2.05, 4.69) is 5.32 Å². The number of hydrogen-bond acceptors (Lipinski definition) is 4. The first-order valence-electron chi connectivity index (χ1n) is 6.51. The van der Waals surface area contributed by atoms with Gasteiger partial charge in [-0.1, -0.05) is 0 Å². The molecule has 0 radical (unpaired) electrons. The maximum absolute atomic E-state index is 11.9. The van der Waals surface area contributed by atoms with Crippen LogP contribution in [0.4, 0.5) is 0 Å². The van der Waals surface area contributed by atoms with Crippen LogP contribution in [0.25, 0.3) is 0 Å². The molecule has 2 saturated heterocycles. The van der Waals surface area contributed by atoms with E-state index in [1.165, 1.54) is 0 Å². The van der Waals surface area contributed by atoms with Crippen molar-refractivity contribution in [1.29, 1.82) is 0 Å². The fourth-order valence-corrected chi connectivity index (χ4v) is 2.21. The topological polar surface area (TPSA) is 61.9 Å². The molecule has 0 bridgehead atoms. The first kappa shape index (κ1) is 13.3. The number of nitrogens with one attached hydrogen (secondary N) is 1. The van der Waals surface area contributed by atoms with E-state index < -0.39 is 0 Å². The molecule has 0 atom stereocenters. The van der Waals surface area contributed by atoms with E-state index in [1.807, 2.05) is 0 Å². The predicted molar refractivity (Wildman–Crippen MR) is 66.1 cm³/mol. The van der Waals surface area contributed by atoms with Crippen molar-refractivity contribution in [3.63, 3.8) is 0 Å². The van der Waals surface area contributed by atoms with Gasteiger partial charge >= 0.3 is 0 Å². The molecule has 0 aliphatic carbocycles. The van der Waals surface area contributed by atoms with Crippen LogP contribution in [0.1, 0.15) is 12.8 Å². The van der Waals surface area contributed by atoms with Crippen molar-refractivity contribution in [3.8, 4) is 0 Å². The number of likely N-dealkylation sites (N-methyl/N-ethyl adjacent to an activating group) is 1. The molecule has 0 aromatic rings. The lowest BCUT2D eigenvalue weighted by Crippen LogP contribution is -2.51. The van der Waals surface area contributed by atoms with Gasteiger partial charge in [-0.2, -0.15) is 0 Å². The fraction of sp³-hybridized carbons (Fsp3) is 0.833. The van der Waals surface area contributed by atoms with E-state index in [0.29, 0.717) is 13.1 Å². The molecule has 2 fully saturated rings. The Kier molecular flexibility index (Phi) is 4.54. The third-order valence-electron chi connectivity index (χ3n) is 3.54. The maximum Gasteiger partial charge on any atom is 0.249 e. The van der Waals surface area contributed by atoms with Gasteiger partial charge in [0.25, 0.3) is 0 Å². The fourth-order valence-electron chi connectivity index (χ4n) is 2.21. The van der Waals surface area contributed by atoms with Gasteiger partial charge < -0.3 is 19.9 Å². The molecule has 2 aliphatic rings. The van der Waals surface area contributed by atoms with Gasteiger partial charge in [-0.25, -0.2) is 0 Å². The number of carbonyl (C=O) groups is 2. The minimum Gasteiger partial charge on any atom is -0.368 e. The molecule has 2 aliphatic heterocycles. The van der Waals surface area contributed by atoms with Gasteiger partial charge in [-0.15, -0.1) is 0 Å². The third-order valence-corrected chi connectivity index (χ3v) is 3.54. The number of carbonyl (C=O) groups excluding carboxylic acids is 2. The standard InChI is InChI=1S/C12H21N3O3/c1-14-6-7-15(8-11(14)16)12(17)9-18-10-2-4-13-5-3-10/h10,13H,2-9H2,1H3. The molecule has 0 unspecified atom stereocenters. The summed E-state index contributed by atoms with van der Waals surface area (Å²) >= 11 is 0. The number of rotatable bonds is 3. The van der Waals surface area contributed by atoms with Crippen LogP contribution in [0.2, 0.25) is 0 Å². The molecule has 0 aromatic carbocycles. The number of piperidine rings is 1. The predicted octanol–water partition coefficient (Wildman–Crippen LogP) is -0.944. The lowest BCUT2D eigenvalue weighted by molar-refractivity contribution is -0.148. The zero-order valence-electron chi connectivity index (χ0n) is 10.9. The highest BCUT2D eigenvalue weighted by atomic mass is 16.5. The molecular weight excluding hydrogens is 234 g/mol. The van der Waals surface area contributed by atoms with E-state index in [1.54, 1.807) is 16.8 Å². The zero-order chi connectivity index (χ0) is 13.0. The Morgan fingerprint density at radius 1 is 1.39 bits per heavy atom. The van der Waals surface area contributed by atoms with Gasteiger partial charge in [-0.3, -0.25) is 9.59 Å². The number of piperazine rings is 1. The number of ether oxygens (including phenoxy) is 1. The Balaban J connectivity index is 1.72. The van der Waals surface area contributed by atoms with Crippen molar-refractivity contribution in [1.82, 2.24) is 15.1 Å². The molecule has 102 valence electrons. The van der Waals surface area contributed by atoms with Crippen molar-refractivity contribution >= 4 is 11.8 Å². The average molecular weight is 255 g/mol. The third kappa shape index (κ3) is 3.43. The van der Waals surface area contributed by atoms with Crippen LogP contribution in [-0.2, 0) is 14.3 Å². The summed E-state index contributed by atoms with van der Waals surface area (Å²) in [5.41, 5.74) is 0. The molecule has 2 amide bonds. The van der Waals surface area contributed by atoms with E-state index in [4.69, 9.17) is 4.74 Å². The van der Waals surface area contributed by atoms with Gasteiger partial charge in [0.2, 0.25) is 11.8 Å². The molecule has 2 rings (SSSR count). The summed E-state index contributed by atoms with van der Waals surface area (Å²) in [6.45, 7) is 3.40. The number of nitrogens with zero attached hydrogens (tertiary/aromatic N) is 2. The Morgan fingerprint density at radius 2 is 2.11 bits per heavy atom. The highest BCUT2D eigenvalue weighted by Gasteiger charge is 2.25. The summed E-state index contributed by atoms with van der Waals surface area (Å²) in [5.74, 6) is -0.0774. The highest BCUT2D eigenvalue weighted by Crippen LogP contribution is 2.08. The van der Waals surface area contributed by atoms with Crippen molar-refractivity contribution in [2.45, 2.75) is 18.9 Å². The summed E-state index contributed by atoms with van der Waals surface area (Å²) in [5, 5.41) is 3.25. The Bertz CT molecular complexity index is 316. The molecule has 6 nitrogen and oxygen atoms in total. The van der Waals surface area contributed by atoms with Crippen LogP contribution in [0.5, 0.6) is 0 Å². The summed E-state index contributed by atoms with van der Waals surface area (Å²) < 4.78 is 5.60. The van der Waals surface area contributed by atoms with Gasteiger partial charge in [0.1, 0.15) is 6.61 Å². The van der Waals surface area contributed by atoms with Crippen molar-refractivity contribution in [3.05, 3.63) is 0 Å². The van der Waals surface area contributed by atoms with Crippen LogP contribution in [-0.4, -0.2) is 74.1 Å². The Labute approximate surface area is 107 Å². The SMILES string of the molecule is CN1CCN(C(=O)COC2CCNCC2)CC1=O. The van der Waals surface area contributed by atoms with E-state index in [-0.39, 0.29) is 31.1 Å². The summed E-state index contributed by atoms with van der Waals surface area (Å²) in [7, 11) is 1.76. The van der Waals surface area contributed by atoms with Gasteiger partial charge in [-0.05, 0) is 25.9 Å². The quantitative estimate of drug-likeness (QED) is 0.707. The first-order valence-corrected chi connectivity index (χ1v) is 6.51. The van der Waals surface area contributed by atoms with Crippen molar-refractivity contribution in [2.24, 2.45) is 0 Å². The zero-order valence-corrected chi connectivity index (χ0v) is 10.9. The van der Waals surface area contributed by atoms with Crippen molar-refractivity contribution < 1.29 is 14.3 Å². The Hall–Kier alpha value is -1.14. The lowest BCUT2D eigenvalue weighted by atomic mass is 10.1. The molecular formula is C12H21N3O3.